The molecule has 7 rings (SSSR count). The molecular weight excluding hydrogens is 558 g/mol. The molecule has 1 aromatic heterocycles. The van der Waals surface area contributed by atoms with Crippen LogP contribution in [0.4, 0.5) is 10.1 Å². The van der Waals surface area contributed by atoms with Gasteiger partial charge in [-0.25, -0.2) is 9.18 Å². The van der Waals surface area contributed by atoms with Crippen LogP contribution in [-0.4, -0.2) is 41.9 Å². The van der Waals surface area contributed by atoms with Gasteiger partial charge in [-0.2, -0.15) is 5.10 Å². The van der Waals surface area contributed by atoms with Gasteiger partial charge in [-0.3, -0.25) is 14.8 Å². The molecule has 8 nitrogen and oxygen atoms in total. The Morgan fingerprint density at radius 3 is 2.73 bits per heavy atom. The molecule has 1 fully saturated rings. The van der Waals surface area contributed by atoms with Crippen molar-refractivity contribution in [3.8, 4) is 5.75 Å². The summed E-state index contributed by atoms with van der Waals surface area (Å²) >= 11 is 12.5. The minimum absolute atomic E-state index is 0. The lowest BCUT2D eigenvalue weighted by Crippen LogP contribution is -2.49. The SMILES string of the molecule is C.COC(=O)c1cc2nn3c(c2cc1OC)C[C@@H]1N[C@@]2(C(=O)Nc4cc(Cl)ccc42)[C@@H](c2cccc(Cl)c2F)[C@@H]13. The van der Waals surface area contributed by atoms with E-state index in [1.807, 2.05) is 4.68 Å². The van der Waals surface area contributed by atoms with Crippen LogP contribution in [0.3, 0.4) is 0 Å². The largest absolute Gasteiger partial charge is 0.496 e. The number of hydrogen-bond donors (Lipinski definition) is 2. The van der Waals surface area contributed by atoms with Crippen molar-refractivity contribution in [1.82, 2.24) is 15.1 Å². The third kappa shape index (κ3) is 3.38. The van der Waals surface area contributed by atoms with Gasteiger partial charge in [-0.1, -0.05) is 48.8 Å². The fraction of sp³-hybridized carbons (Fsp3) is 0.276. The molecular formula is C29H25Cl2FN4O4. The number of anilines is 1. The van der Waals surface area contributed by atoms with Crippen LogP contribution in [0, 0.1) is 5.82 Å². The molecule has 3 aliphatic rings. The third-order valence-corrected chi connectivity index (χ3v) is 8.71. The first-order valence-corrected chi connectivity index (χ1v) is 13.0. The zero-order valence-electron chi connectivity index (χ0n) is 20.7. The lowest BCUT2D eigenvalue weighted by molar-refractivity contribution is -0.122. The Hall–Kier alpha value is -3.66. The molecule has 0 bridgehead atoms. The van der Waals surface area contributed by atoms with Crippen LogP contribution in [-0.2, 0) is 21.5 Å². The van der Waals surface area contributed by atoms with Gasteiger partial charge in [0.25, 0.3) is 0 Å². The molecule has 0 radical (unpaired) electrons. The molecule has 0 unspecified atom stereocenters. The van der Waals surface area contributed by atoms with E-state index in [1.165, 1.54) is 20.3 Å². The molecule has 11 heteroatoms. The van der Waals surface area contributed by atoms with Crippen molar-refractivity contribution >= 4 is 51.7 Å². The van der Waals surface area contributed by atoms with Gasteiger partial charge >= 0.3 is 5.97 Å². The second-order valence-electron chi connectivity index (χ2n) is 9.97. The van der Waals surface area contributed by atoms with E-state index in [-0.39, 0.29) is 30.0 Å². The summed E-state index contributed by atoms with van der Waals surface area (Å²) in [4.78, 5) is 26.2. The number of carbonyl (C=O) groups is 2. The van der Waals surface area contributed by atoms with Crippen molar-refractivity contribution in [2.75, 3.05) is 19.5 Å². The Kier molecular flexibility index (Phi) is 6.10. The van der Waals surface area contributed by atoms with Crippen LogP contribution >= 0.6 is 23.2 Å². The molecule has 4 aromatic rings. The number of halogens is 3. The molecule has 1 amide bonds. The van der Waals surface area contributed by atoms with Crippen molar-refractivity contribution in [1.29, 1.82) is 0 Å². The van der Waals surface area contributed by atoms with Crippen molar-refractivity contribution in [3.05, 3.63) is 86.8 Å². The number of carbonyl (C=O) groups excluding carboxylic acids is 2. The van der Waals surface area contributed by atoms with E-state index in [2.05, 4.69) is 10.6 Å². The Morgan fingerprint density at radius 1 is 1.18 bits per heavy atom. The van der Waals surface area contributed by atoms with Crippen molar-refractivity contribution < 1.29 is 23.5 Å². The molecule has 40 heavy (non-hydrogen) atoms. The highest BCUT2D eigenvalue weighted by Gasteiger charge is 2.65. The van der Waals surface area contributed by atoms with E-state index in [0.717, 1.165) is 11.1 Å². The van der Waals surface area contributed by atoms with Gasteiger partial charge < -0.3 is 14.8 Å². The van der Waals surface area contributed by atoms with E-state index in [9.17, 15) is 9.59 Å². The monoisotopic (exact) mass is 582 g/mol. The van der Waals surface area contributed by atoms with E-state index in [0.29, 0.717) is 39.5 Å². The number of benzene rings is 3. The number of esters is 1. The number of nitrogens with one attached hydrogen (secondary N) is 2. The molecule has 0 saturated carbocycles. The Labute approximate surface area is 239 Å². The van der Waals surface area contributed by atoms with Crippen LogP contribution in [0.25, 0.3) is 10.9 Å². The predicted molar refractivity (Wildman–Crippen MR) is 150 cm³/mol. The summed E-state index contributed by atoms with van der Waals surface area (Å²) < 4.78 is 28.0. The van der Waals surface area contributed by atoms with Gasteiger partial charge in [0.15, 0.2) is 0 Å². The number of nitrogens with zero attached hydrogens (tertiary/aromatic N) is 2. The van der Waals surface area contributed by atoms with Crippen LogP contribution in [0.15, 0.2) is 48.5 Å². The number of hydrogen-bond acceptors (Lipinski definition) is 6. The van der Waals surface area contributed by atoms with Gasteiger partial charge in [-0.15, -0.1) is 0 Å². The summed E-state index contributed by atoms with van der Waals surface area (Å²) in [5, 5.41) is 12.7. The highest BCUT2D eigenvalue weighted by atomic mass is 35.5. The highest BCUT2D eigenvalue weighted by Crippen LogP contribution is 2.59. The van der Waals surface area contributed by atoms with E-state index in [1.54, 1.807) is 42.5 Å². The van der Waals surface area contributed by atoms with Gasteiger partial charge in [-0.05, 0) is 35.9 Å². The molecule has 0 aliphatic carbocycles. The summed E-state index contributed by atoms with van der Waals surface area (Å²) in [5.74, 6) is -1.77. The maximum absolute atomic E-state index is 15.8. The number of methoxy groups -OCH3 is 2. The summed E-state index contributed by atoms with van der Waals surface area (Å²) in [6.45, 7) is 0. The van der Waals surface area contributed by atoms with E-state index in [4.69, 9.17) is 37.8 Å². The van der Waals surface area contributed by atoms with Crippen LogP contribution < -0.4 is 15.4 Å². The van der Waals surface area contributed by atoms with Crippen LogP contribution in [0.5, 0.6) is 5.75 Å². The summed E-state index contributed by atoms with van der Waals surface area (Å²) in [7, 11) is 2.78. The highest BCUT2D eigenvalue weighted by molar-refractivity contribution is 6.31. The normalized spacial score (nSPS) is 23.9. The molecule has 3 aliphatic heterocycles. The number of amides is 1. The van der Waals surface area contributed by atoms with Crippen LogP contribution in [0.2, 0.25) is 10.0 Å². The van der Waals surface area contributed by atoms with Crippen molar-refractivity contribution in [3.63, 3.8) is 0 Å². The molecule has 2 N–H and O–H groups in total. The van der Waals surface area contributed by atoms with Crippen LogP contribution in [0.1, 0.15) is 46.6 Å². The van der Waals surface area contributed by atoms with Crippen molar-refractivity contribution in [2.45, 2.75) is 37.4 Å². The molecule has 3 aromatic carbocycles. The molecule has 4 atom stereocenters. The second kappa shape index (κ2) is 9.19. The predicted octanol–water partition coefficient (Wildman–Crippen LogP) is 5.61. The fourth-order valence-electron chi connectivity index (χ4n) is 6.66. The first kappa shape index (κ1) is 26.6. The maximum Gasteiger partial charge on any atom is 0.341 e. The van der Waals surface area contributed by atoms with Gasteiger partial charge in [0, 0.05) is 45.7 Å². The fourth-order valence-corrected chi connectivity index (χ4v) is 7.01. The molecule has 4 heterocycles. The van der Waals surface area contributed by atoms with Crippen molar-refractivity contribution in [2.24, 2.45) is 0 Å². The maximum atomic E-state index is 15.8. The lowest BCUT2D eigenvalue weighted by atomic mass is 9.74. The number of ether oxygens (including phenoxy) is 2. The number of fused-ring (bicyclic) bond motifs is 7. The number of rotatable bonds is 3. The van der Waals surface area contributed by atoms with Gasteiger partial charge in [0.2, 0.25) is 5.91 Å². The molecule has 1 spiro atoms. The quantitative estimate of drug-likeness (QED) is 0.305. The second-order valence-corrected chi connectivity index (χ2v) is 10.8. The minimum Gasteiger partial charge on any atom is -0.496 e. The minimum atomic E-state index is -1.29. The average Bonchev–Trinajstić information content (AvgIpc) is 3.62. The summed E-state index contributed by atoms with van der Waals surface area (Å²) in [6, 6.07) is 12.7. The van der Waals surface area contributed by atoms with E-state index < -0.39 is 29.3 Å². The van der Waals surface area contributed by atoms with E-state index >= 15 is 4.39 Å². The Balaban J connectivity index is 0.00000289. The average molecular weight is 583 g/mol. The lowest BCUT2D eigenvalue weighted by Gasteiger charge is -2.33. The Morgan fingerprint density at radius 2 is 1.98 bits per heavy atom. The van der Waals surface area contributed by atoms with Gasteiger partial charge in [0.05, 0.1) is 30.8 Å². The third-order valence-electron chi connectivity index (χ3n) is 8.18. The summed E-state index contributed by atoms with van der Waals surface area (Å²) in [6.07, 6.45) is 0.512. The molecule has 206 valence electrons. The first-order chi connectivity index (χ1) is 18.8. The zero-order chi connectivity index (χ0) is 27.2. The zero-order valence-corrected chi connectivity index (χ0v) is 22.2. The topological polar surface area (TPSA) is 94.5 Å². The smallest absolute Gasteiger partial charge is 0.341 e. The summed E-state index contributed by atoms with van der Waals surface area (Å²) in [5.41, 5.74) is 1.99. The Bertz CT molecular complexity index is 1740. The standard InChI is InChI=1S/C28H21Cl2FN4O4.CH4/c1-38-22-10-14-18(9-15(22)26(36)39-2)34-35-21(14)11-20-25(35)23(13-4-3-5-17(30)24(13)31)28(33-20)16-7-6-12(29)8-19(16)32-27(28)37;/h3-10,20,23,25,33H,11H2,1-2H3,(H,32,37);1H4/t20-,23-,25+,28+;/m0./s1. The van der Waals surface area contributed by atoms with Gasteiger partial charge in [0.1, 0.15) is 22.7 Å². The first-order valence-electron chi connectivity index (χ1n) is 12.3. The molecule has 1 saturated heterocycles. The number of aromatic nitrogens is 2.